The minimum atomic E-state index is -0.165. The molecule has 0 aliphatic carbocycles. The Labute approximate surface area is 131 Å². The van der Waals surface area contributed by atoms with Crippen LogP contribution in [0.3, 0.4) is 0 Å². The fourth-order valence-corrected chi connectivity index (χ4v) is 2.65. The number of aliphatic hydroxyl groups excluding tert-OH is 1. The summed E-state index contributed by atoms with van der Waals surface area (Å²) in [5, 5.41) is 12.4. The van der Waals surface area contributed by atoms with Gasteiger partial charge in [0.15, 0.2) is 0 Å². The normalized spacial score (nSPS) is 18.4. The maximum absolute atomic E-state index is 12.5. The van der Waals surface area contributed by atoms with Crippen LogP contribution in [0.5, 0.6) is 5.75 Å². The van der Waals surface area contributed by atoms with Crippen LogP contribution in [0, 0.1) is 0 Å². The van der Waals surface area contributed by atoms with E-state index in [2.05, 4.69) is 11.9 Å². The molecule has 2 N–H and O–H groups in total. The van der Waals surface area contributed by atoms with E-state index in [0.29, 0.717) is 24.6 Å². The summed E-state index contributed by atoms with van der Waals surface area (Å²) < 4.78 is 5.46. The standard InChI is InChI=1S/C17H24N2O3/c1-2-11-22-16-9-6-7-14(12-16)18-17(21)19-10-5-3-4-8-15(19)13-20/h2,6-7,9,12,15,20H,1,3-5,8,10-11,13H2,(H,18,21)/t15-/m1/s1. The summed E-state index contributed by atoms with van der Waals surface area (Å²) in [6, 6.07) is 7.02. The number of urea groups is 1. The molecule has 2 amide bonds. The van der Waals surface area contributed by atoms with E-state index in [-0.39, 0.29) is 18.7 Å². The van der Waals surface area contributed by atoms with Crippen molar-refractivity contribution in [3.05, 3.63) is 36.9 Å². The third kappa shape index (κ3) is 4.49. The van der Waals surface area contributed by atoms with Crippen molar-refractivity contribution in [1.29, 1.82) is 0 Å². The summed E-state index contributed by atoms with van der Waals surface area (Å²) in [5.74, 6) is 0.687. The van der Waals surface area contributed by atoms with Crippen LogP contribution < -0.4 is 10.1 Å². The second-order valence-electron chi connectivity index (χ2n) is 5.44. The summed E-state index contributed by atoms with van der Waals surface area (Å²) in [6.07, 6.45) is 5.66. The van der Waals surface area contributed by atoms with Crippen molar-refractivity contribution in [1.82, 2.24) is 4.90 Å². The molecule has 5 nitrogen and oxygen atoms in total. The molecule has 1 aromatic carbocycles. The molecule has 0 unspecified atom stereocenters. The Hall–Kier alpha value is -2.01. The van der Waals surface area contributed by atoms with Crippen LogP contribution in [0.4, 0.5) is 10.5 Å². The Morgan fingerprint density at radius 3 is 3.09 bits per heavy atom. The van der Waals surface area contributed by atoms with Crippen molar-refractivity contribution in [3.8, 4) is 5.75 Å². The van der Waals surface area contributed by atoms with Gasteiger partial charge >= 0.3 is 6.03 Å². The van der Waals surface area contributed by atoms with Gasteiger partial charge in [-0.15, -0.1) is 0 Å². The lowest BCUT2D eigenvalue weighted by Gasteiger charge is -2.28. The highest BCUT2D eigenvalue weighted by Crippen LogP contribution is 2.20. The molecule has 1 saturated heterocycles. The maximum atomic E-state index is 12.5. The number of hydrogen-bond donors (Lipinski definition) is 2. The lowest BCUT2D eigenvalue weighted by molar-refractivity contribution is 0.142. The predicted molar refractivity (Wildman–Crippen MR) is 87.2 cm³/mol. The number of carbonyl (C=O) groups excluding carboxylic acids is 1. The Morgan fingerprint density at radius 2 is 2.32 bits per heavy atom. The van der Waals surface area contributed by atoms with Gasteiger partial charge in [0.05, 0.1) is 12.6 Å². The maximum Gasteiger partial charge on any atom is 0.322 e. The first-order valence-corrected chi connectivity index (χ1v) is 7.77. The molecule has 1 atom stereocenters. The average molecular weight is 304 g/mol. The zero-order chi connectivity index (χ0) is 15.8. The predicted octanol–water partition coefficient (Wildman–Crippen LogP) is 3.02. The molecule has 1 fully saturated rings. The van der Waals surface area contributed by atoms with Crippen molar-refractivity contribution < 1.29 is 14.6 Å². The molecule has 0 spiro atoms. The summed E-state index contributed by atoms with van der Waals surface area (Å²) in [7, 11) is 0. The highest BCUT2D eigenvalue weighted by atomic mass is 16.5. The Balaban J connectivity index is 2.02. The first-order chi connectivity index (χ1) is 10.7. The lowest BCUT2D eigenvalue weighted by Crippen LogP contribution is -2.44. The van der Waals surface area contributed by atoms with Gasteiger partial charge in [-0.25, -0.2) is 4.79 Å². The fourth-order valence-electron chi connectivity index (χ4n) is 2.65. The molecule has 5 heteroatoms. The van der Waals surface area contributed by atoms with Crippen molar-refractivity contribution in [2.24, 2.45) is 0 Å². The Bertz CT molecular complexity index is 504. The largest absolute Gasteiger partial charge is 0.489 e. The van der Waals surface area contributed by atoms with Gasteiger partial charge in [0.2, 0.25) is 0 Å². The molecule has 0 saturated carbocycles. The van der Waals surface area contributed by atoms with Gasteiger partial charge in [-0.1, -0.05) is 31.6 Å². The first-order valence-electron chi connectivity index (χ1n) is 7.77. The molecule has 0 aromatic heterocycles. The van der Waals surface area contributed by atoms with Crippen LogP contribution in [0.25, 0.3) is 0 Å². The van der Waals surface area contributed by atoms with E-state index >= 15 is 0 Å². The van der Waals surface area contributed by atoms with Gasteiger partial charge in [-0.05, 0) is 25.0 Å². The summed E-state index contributed by atoms with van der Waals surface area (Å²) in [6.45, 7) is 4.73. The monoisotopic (exact) mass is 304 g/mol. The van der Waals surface area contributed by atoms with E-state index in [1.54, 1.807) is 17.0 Å². The van der Waals surface area contributed by atoms with Gasteiger partial charge in [0, 0.05) is 18.3 Å². The Kier molecular flexibility index (Phi) is 6.27. The third-order valence-corrected chi connectivity index (χ3v) is 3.80. The summed E-state index contributed by atoms with van der Waals surface area (Å²) in [4.78, 5) is 14.2. The number of likely N-dealkylation sites (tertiary alicyclic amines) is 1. The van der Waals surface area contributed by atoms with Crippen molar-refractivity contribution in [2.45, 2.75) is 31.7 Å². The molecule has 2 rings (SSSR count). The van der Waals surface area contributed by atoms with Crippen LogP contribution in [-0.4, -0.2) is 41.8 Å². The average Bonchev–Trinajstić information content (AvgIpc) is 2.78. The highest BCUT2D eigenvalue weighted by molar-refractivity contribution is 5.89. The SMILES string of the molecule is C=CCOc1cccc(NC(=O)N2CCCCC[C@@H]2CO)c1. The molecular formula is C17H24N2O3. The zero-order valence-electron chi connectivity index (χ0n) is 12.8. The van der Waals surface area contributed by atoms with E-state index < -0.39 is 0 Å². The second kappa shape index (κ2) is 8.44. The summed E-state index contributed by atoms with van der Waals surface area (Å²) in [5.41, 5.74) is 0.687. The van der Waals surface area contributed by atoms with Crippen molar-refractivity contribution in [3.63, 3.8) is 0 Å². The number of aliphatic hydroxyl groups is 1. The van der Waals surface area contributed by atoms with Gasteiger partial charge in [0.1, 0.15) is 12.4 Å². The molecule has 1 aliphatic heterocycles. The van der Waals surface area contributed by atoms with E-state index in [1.165, 1.54) is 0 Å². The number of nitrogens with one attached hydrogen (secondary N) is 1. The van der Waals surface area contributed by atoms with Crippen molar-refractivity contribution in [2.75, 3.05) is 25.1 Å². The number of rotatable bonds is 5. The zero-order valence-corrected chi connectivity index (χ0v) is 12.8. The van der Waals surface area contributed by atoms with Crippen LogP contribution in [0.1, 0.15) is 25.7 Å². The molecule has 0 bridgehead atoms. The number of benzene rings is 1. The van der Waals surface area contributed by atoms with Crippen LogP contribution in [0.15, 0.2) is 36.9 Å². The number of amides is 2. The number of hydrogen-bond acceptors (Lipinski definition) is 3. The molecule has 120 valence electrons. The quantitative estimate of drug-likeness (QED) is 0.822. The first kappa shape index (κ1) is 16.4. The molecule has 1 heterocycles. The molecule has 22 heavy (non-hydrogen) atoms. The van der Waals surface area contributed by atoms with Crippen LogP contribution in [-0.2, 0) is 0 Å². The van der Waals surface area contributed by atoms with Crippen LogP contribution >= 0.6 is 0 Å². The van der Waals surface area contributed by atoms with E-state index in [0.717, 1.165) is 25.7 Å². The highest BCUT2D eigenvalue weighted by Gasteiger charge is 2.24. The van der Waals surface area contributed by atoms with Gasteiger partial charge in [-0.2, -0.15) is 0 Å². The number of nitrogens with zero attached hydrogens (tertiary/aromatic N) is 1. The van der Waals surface area contributed by atoms with Gasteiger partial charge in [0.25, 0.3) is 0 Å². The second-order valence-corrected chi connectivity index (χ2v) is 5.44. The topological polar surface area (TPSA) is 61.8 Å². The molecule has 1 aliphatic rings. The Morgan fingerprint density at radius 1 is 1.45 bits per heavy atom. The molecular weight excluding hydrogens is 280 g/mol. The van der Waals surface area contributed by atoms with Gasteiger partial charge < -0.3 is 20.1 Å². The lowest BCUT2D eigenvalue weighted by atomic mass is 10.1. The summed E-state index contributed by atoms with van der Waals surface area (Å²) >= 11 is 0. The number of carbonyl (C=O) groups is 1. The third-order valence-electron chi connectivity index (χ3n) is 3.80. The minimum Gasteiger partial charge on any atom is -0.489 e. The fraction of sp³-hybridized carbons (Fsp3) is 0.471. The van der Waals surface area contributed by atoms with E-state index in [4.69, 9.17) is 4.74 Å². The number of anilines is 1. The molecule has 1 aromatic rings. The minimum absolute atomic E-state index is 0.00983. The van der Waals surface area contributed by atoms with Crippen LogP contribution in [0.2, 0.25) is 0 Å². The van der Waals surface area contributed by atoms with E-state index in [1.807, 2.05) is 18.2 Å². The van der Waals surface area contributed by atoms with E-state index in [9.17, 15) is 9.90 Å². The number of ether oxygens (including phenoxy) is 1. The van der Waals surface area contributed by atoms with Gasteiger partial charge in [-0.3, -0.25) is 0 Å². The van der Waals surface area contributed by atoms with Crippen molar-refractivity contribution >= 4 is 11.7 Å². The molecule has 0 radical (unpaired) electrons. The smallest absolute Gasteiger partial charge is 0.322 e.